The van der Waals surface area contributed by atoms with Crippen molar-refractivity contribution in [3.63, 3.8) is 0 Å². The van der Waals surface area contributed by atoms with Gasteiger partial charge >= 0.3 is 0 Å². The summed E-state index contributed by atoms with van der Waals surface area (Å²) in [6.45, 7) is 1.93. The fourth-order valence-electron chi connectivity index (χ4n) is 0.749. The number of rotatable bonds is 2. The van der Waals surface area contributed by atoms with Crippen LogP contribution in [-0.2, 0) is 6.42 Å². The van der Waals surface area contributed by atoms with Gasteiger partial charge in [-0.05, 0) is 6.92 Å². The minimum absolute atomic E-state index is 0.516. The maximum absolute atomic E-state index is 9.06. The van der Waals surface area contributed by atoms with Crippen molar-refractivity contribution >= 4 is 11.3 Å². The molecule has 11 heavy (non-hydrogen) atoms. The largest absolute Gasteiger partial charge is 0.380 e. The van der Waals surface area contributed by atoms with Crippen LogP contribution in [0.1, 0.15) is 9.88 Å². The zero-order chi connectivity index (χ0) is 8.27. The van der Waals surface area contributed by atoms with E-state index < -0.39 is 6.10 Å². The van der Waals surface area contributed by atoms with Crippen LogP contribution >= 0.6 is 11.3 Å². The van der Waals surface area contributed by atoms with E-state index in [1.165, 1.54) is 0 Å². The highest BCUT2D eigenvalue weighted by Crippen LogP contribution is 2.13. The molecule has 0 aliphatic rings. The van der Waals surface area contributed by atoms with Crippen LogP contribution in [0, 0.1) is 19.3 Å². The van der Waals surface area contributed by atoms with Crippen LogP contribution in [0.3, 0.4) is 0 Å². The lowest BCUT2D eigenvalue weighted by atomic mass is 10.2. The number of thiazole rings is 1. The number of hydrogen-bond acceptors (Lipinski definition) is 3. The van der Waals surface area contributed by atoms with Crippen LogP contribution in [-0.4, -0.2) is 16.2 Å². The number of hydrogen-bond donors (Lipinski definition) is 1. The molecule has 0 aromatic carbocycles. The molecule has 0 radical (unpaired) electrons. The van der Waals surface area contributed by atoms with Crippen LogP contribution in [0.4, 0.5) is 0 Å². The van der Waals surface area contributed by atoms with E-state index in [4.69, 9.17) is 11.5 Å². The van der Waals surface area contributed by atoms with E-state index in [0.717, 1.165) is 9.88 Å². The average Bonchev–Trinajstić information content (AvgIpc) is 2.35. The van der Waals surface area contributed by atoms with Crippen molar-refractivity contribution in [2.75, 3.05) is 0 Å². The monoisotopic (exact) mass is 167 g/mol. The molecule has 1 aromatic rings. The molecule has 0 fully saturated rings. The van der Waals surface area contributed by atoms with E-state index in [1.54, 1.807) is 17.5 Å². The molecule has 0 bridgehead atoms. The Kier molecular flexibility index (Phi) is 2.64. The number of nitrogens with zero attached hydrogens (tertiary/aromatic N) is 1. The summed E-state index contributed by atoms with van der Waals surface area (Å²) in [6, 6.07) is 0. The van der Waals surface area contributed by atoms with Gasteiger partial charge in [-0.15, -0.1) is 17.8 Å². The number of aromatic nitrogens is 1. The van der Waals surface area contributed by atoms with Crippen molar-refractivity contribution < 1.29 is 5.11 Å². The predicted molar refractivity (Wildman–Crippen MR) is 45.4 cm³/mol. The Balaban J connectivity index is 2.59. The lowest BCUT2D eigenvalue weighted by Crippen LogP contribution is -2.04. The molecule has 2 nitrogen and oxygen atoms in total. The van der Waals surface area contributed by atoms with Gasteiger partial charge in [-0.2, -0.15) is 0 Å². The highest BCUT2D eigenvalue weighted by Gasteiger charge is 2.03. The third-order valence-electron chi connectivity index (χ3n) is 1.26. The van der Waals surface area contributed by atoms with Crippen LogP contribution < -0.4 is 0 Å². The smallest absolute Gasteiger partial charge is 0.119 e. The van der Waals surface area contributed by atoms with Gasteiger partial charge < -0.3 is 5.11 Å². The van der Waals surface area contributed by atoms with Crippen molar-refractivity contribution in [1.29, 1.82) is 0 Å². The molecule has 1 heterocycles. The predicted octanol–water partition coefficient (Wildman–Crippen LogP) is 0.988. The lowest BCUT2D eigenvalue weighted by molar-refractivity contribution is 0.234. The highest BCUT2D eigenvalue weighted by atomic mass is 32.1. The summed E-state index contributed by atoms with van der Waals surface area (Å²) in [5, 5.41) is 10.1. The number of terminal acetylenes is 1. The van der Waals surface area contributed by atoms with E-state index in [-0.39, 0.29) is 0 Å². The second-order valence-electron chi connectivity index (χ2n) is 2.23. The Bertz CT molecular complexity index is 274. The summed E-state index contributed by atoms with van der Waals surface area (Å²) in [5.74, 6) is 2.26. The van der Waals surface area contributed by atoms with Crippen LogP contribution in [0.5, 0.6) is 0 Å². The van der Waals surface area contributed by atoms with Crippen LogP contribution in [0.25, 0.3) is 0 Å². The Morgan fingerprint density at radius 2 is 2.64 bits per heavy atom. The molecule has 1 unspecified atom stereocenters. The third kappa shape index (κ3) is 2.34. The van der Waals surface area contributed by atoms with E-state index in [9.17, 15) is 0 Å². The second kappa shape index (κ2) is 3.51. The molecule has 1 rings (SSSR count). The maximum Gasteiger partial charge on any atom is 0.119 e. The summed E-state index contributed by atoms with van der Waals surface area (Å²) >= 11 is 1.56. The molecule has 1 N–H and O–H groups in total. The zero-order valence-electron chi connectivity index (χ0n) is 6.24. The molecule has 1 aromatic heterocycles. The number of aliphatic hydroxyl groups is 1. The minimum Gasteiger partial charge on any atom is -0.380 e. The van der Waals surface area contributed by atoms with Gasteiger partial charge in [0.05, 0.1) is 5.01 Å². The van der Waals surface area contributed by atoms with Gasteiger partial charge in [0, 0.05) is 17.5 Å². The first-order chi connectivity index (χ1) is 5.22. The number of aliphatic hydroxyl groups excluding tert-OH is 1. The van der Waals surface area contributed by atoms with E-state index in [2.05, 4.69) is 10.9 Å². The quantitative estimate of drug-likeness (QED) is 0.666. The molecule has 0 aliphatic heterocycles. The first-order valence-corrected chi connectivity index (χ1v) is 4.09. The van der Waals surface area contributed by atoms with Crippen molar-refractivity contribution in [2.45, 2.75) is 19.4 Å². The standard InChI is InChI=1S/C8H9NOS/c1-3-7(10)4-8-5-9-6(2)11-8/h1,5,7,10H,4H2,2H3. The summed E-state index contributed by atoms with van der Waals surface area (Å²) in [7, 11) is 0. The lowest BCUT2D eigenvalue weighted by Gasteiger charge is -1.97. The van der Waals surface area contributed by atoms with Gasteiger partial charge in [-0.25, -0.2) is 4.98 Å². The van der Waals surface area contributed by atoms with Crippen LogP contribution in [0.15, 0.2) is 6.20 Å². The Morgan fingerprint density at radius 1 is 1.91 bits per heavy atom. The summed E-state index contributed by atoms with van der Waals surface area (Å²) in [5.41, 5.74) is 0. The van der Waals surface area contributed by atoms with Gasteiger partial charge in [0.25, 0.3) is 0 Å². The molecular formula is C8H9NOS. The molecule has 0 spiro atoms. The second-order valence-corrected chi connectivity index (χ2v) is 3.55. The molecule has 0 aliphatic carbocycles. The highest BCUT2D eigenvalue weighted by molar-refractivity contribution is 7.11. The summed E-state index contributed by atoms with van der Waals surface area (Å²) < 4.78 is 0. The van der Waals surface area contributed by atoms with E-state index in [1.807, 2.05) is 6.92 Å². The van der Waals surface area contributed by atoms with Crippen molar-refractivity contribution in [1.82, 2.24) is 4.98 Å². The molecular weight excluding hydrogens is 158 g/mol. The molecule has 1 atom stereocenters. The topological polar surface area (TPSA) is 33.1 Å². The molecule has 0 saturated heterocycles. The Labute approximate surface area is 69.9 Å². The number of aryl methyl sites for hydroxylation is 1. The Hall–Kier alpha value is -0.850. The maximum atomic E-state index is 9.06. The summed E-state index contributed by atoms with van der Waals surface area (Å²) in [4.78, 5) is 5.08. The van der Waals surface area contributed by atoms with Crippen molar-refractivity contribution in [3.8, 4) is 12.3 Å². The molecule has 3 heteroatoms. The molecule has 0 amide bonds. The van der Waals surface area contributed by atoms with Gasteiger partial charge in [-0.3, -0.25) is 0 Å². The van der Waals surface area contributed by atoms with Gasteiger partial charge in [-0.1, -0.05) is 5.92 Å². The normalized spacial score (nSPS) is 12.5. The van der Waals surface area contributed by atoms with Crippen molar-refractivity contribution in [2.24, 2.45) is 0 Å². The Morgan fingerprint density at radius 3 is 3.09 bits per heavy atom. The first-order valence-electron chi connectivity index (χ1n) is 3.28. The van der Waals surface area contributed by atoms with Crippen LogP contribution in [0.2, 0.25) is 0 Å². The van der Waals surface area contributed by atoms with E-state index >= 15 is 0 Å². The van der Waals surface area contributed by atoms with Gasteiger partial charge in [0.1, 0.15) is 6.10 Å². The minimum atomic E-state index is -0.671. The zero-order valence-corrected chi connectivity index (χ0v) is 7.06. The third-order valence-corrected chi connectivity index (χ3v) is 2.19. The summed E-state index contributed by atoms with van der Waals surface area (Å²) in [6.07, 6.45) is 6.61. The molecule has 58 valence electrons. The molecule has 0 saturated carbocycles. The van der Waals surface area contributed by atoms with E-state index in [0.29, 0.717) is 6.42 Å². The van der Waals surface area contributed by atoms with Gasteiger partial charge in [0.15, 0.2) is 0 Å². The average molecular weight is 167 g/mol. The van der Waals surface area contributed by atoms with Gasteiger partial charge in [0.2, 0.25) is 0 Å². The fourth-order valence-corrected chi connectivity index (χ4v) is 1.58. The SMILES string of the molecule is C#CC(O)Cc1cnc(C)s1. The fraction of sp³-hybridized carbons (Fsp3) is 0.375. The first kappa shape index (κ1) is 8.25. The van der Waals surface area contributed by atoms with Crippen molar-refractivity contribution in [3.05, 3.63) is 16.1 Å².